The molecule has 0 heterocycles. The molecule has 0 amide bonds. The molecule has 0 saturated carbocycles. The SMILES string of the molecule is O=C/C=C/c1ccccc1.O=CCO. The molecule has 1 aromatic rings. The molecule has 14 heavy (non-hydrogen) atoms. The zero-order valence-electron chi connectivity index (χ0n) is 7.67. The van der Waals surface area contributed by atoms with E-state index in [-0.39, 0.29) is 6.61 Å². The Kier molecular flexibility index (Phi) is 8.19. The molecule has 0 aliphatic rings. The van der Waals surface area contributed by atoms with Crippen molar-refractivity contribution in [3.63, 3.8) is 0 Å². The number of carbonyl (C=O) groups excluding carboxylic acids is 2. The van der Waals surface area contributed by atoms with E-state index in [9.17, 15) is 4.79 Å². The molecule has 3 nitrogen and oxygen atoms in total. The molecule has 0 radical (unpaired) electrons. The Morgan fingerprint density at radius 3 is 2.14 bits per heavy atom. The van der Waals surface area contributed by atoms with E-state index in [1.807, 2.05) is 30.3 Å². The minimum absolute atomic E-state index is 0.361. The third kappa shape index (κ3) is 6.94. The summed E-state index contributed by atoms with van der Waals surface area (Å²) >= 11 is 0. The summed E-state index contributed by atoms with van der Waals surface area (Å²) in [7, 11) is 0. The fourth-order valence-electron chi connectivity index (χ4n) is 0.715. The van der Waals surface area contributed by atoms with Gasteiger partial charge in [0.15, 0.2) is 0 Å². The van der Waals surface area contributed by atoms with E-state index < -0.39 is 0 Å². The van der Waals surface area contributed by atoms with Gasteiger partial charge in [-0.1, -0.05) is 36.4 Å². The normalized spacial score (nSPS) is 8.93. The number of allylic oxidation sites excluding steroid dienone is 1. The molecular formula is C11H12O3. The van der Waals surface area contributed by atoms with Gasteiger partial charge in [-0.05, 0) is 11.6 Å². The van der Waals surface area contributed by atoms with Crippen molar-refractivity contribution >= 4 is 18.6 Å². The quantitative estimate of drug-likeness (QED) is 0.575. The first kappa shape index (κ1) is 12.3. The van der Waals surface area contributed by atoms with Crippen LogP contribution in [0.2, 0.25) is 0 Å². The Morgan fingerprint density at radius 2 is 1.71 bits per heavy atom. The number of rotatable bonds is 3. The zero-order valence-corrected chi connectivity index (χ0v) is 7.67. The van der Waals surface area contributed by atoms with Gasteiger partial charge in [0.25, 0.3) is 0 Å². The predicted molar refractivity (Wildman–Crippen MR) is 54.7 cm³/mol. The largest absolute Gasteiger partial charge is 0.389 e. The van der Waals surface area contributed by atoms with Crippen LogP contribution in [0.1, 0.15) is 5.56 Å². The second kappa shape index (κ2) is 9.35. The number of aliphatic hydroxyl groups is 1. The first-order chi connectivity index (χ1) is 6.85. The van der Waals surface area contributed by atoms with Crippen molar-refractivity contribution < 1.29 is 14.7 Å². The summed E-state index contributed by atoms with van der Waals surface area (Å²) in [5.41, 5.74) is 1.05. The monoisotopic (exact) mass is 192 g/mol. The van der Waals surface area contributed by atoms with Crippen LogP contribution in [0, 0.1) is 0 Å². The van der Waals surface area contributed by atoms with Gasteiger partial charge in [0.1, 0.15) is 12.6 Å². The van der Waals surface area contributed by atoms with Gasteiger partial charge in [0.2, 0.25) is 0 Å². The molecule has 0 aromatic heterocycles. The highest BCUT2D eigenvalue weighted by Crippen LogP contribution is 1.99. The molecule has 0 saturated heterocycles. The van der Waals surface area contributed by atoms with Gasteiger partial charge in [0.05, 0.1) is 6.61 Å². The second-order valence-electron chi connectivity index (χ2n) is 2.26. The topological polar surface area (TPSA) is 54.4 Å². The fourth-order valence-corrected chi connectivity index (χ4v) is 0.715. The van der Waals surface area contributed by atoms with Gasteiger partial charge >= 0.3 is 0 Å². The molecule has 0 spiro atoms. The standard InChI is InChI=1S/C9H8O.C2H4O2/c10-8-4-7-9-5-2-1-3-6-9;3-1-2-4/h1-8H;1,4H,2H2/b7-4+;. The average molecular weight is 192 g/mol. The Balaban J connectivity index is 0.000000364. The van der Waals surface area contributed by atoms with Crippen molar-refractivity contribution in [1.82, 2.24) is 0 Å². The van der Waals surface area contributed by atoms with Crippen molar-refractivity contribution in [3.05, 3.63) is 42.0 Å². The second-order valence-corrected chi connectivity index (χ2v) is 2.26. The maximum atomic E-state index is 9.89. The van der Waals surface area contributed by atoms with Gasteiger partial charge in [-0.2, -0.15) is 0 Å². The molecule has 0 atom stereocenters. The lowest BCUT2D eigenvalue weighted by molar-refractivity contribution is -0.110. The molecule has 0 aliphatic heterocycles. The van der Waals surface area contributed by atoms with E-state index in [0.717, 1.165) is 11.8 Å². The zero-order chi connectivity index (χ0) is 10.6. The highest BCUT2D eigenvalue weighted by molar-refractivity contribution is 5.73. The van der Waals surface area contributed by atoms with Crippen LogP contribution in [0.3, 0.4) is 0 Å². The lowest BCUT2D eigenvalue weighted by Crippen LogP contribution is -1.75. The molecule has 0 aliphatic carbocycles. The maximum Gasteiger partial charge on any atom is 0.145 e. The van der Waals surface area contributed by atoms with Gasteiger partial charge in [-0.25, -0.2) is 0 Å². The number of aldehydes is 2. The highest BCUT2D eigenvalue weighted by atomic mass is 16.3. The number of hydrogen-bond donors (Lipinski definition) is 1. The summed E-state index contributed by atoms with van der Waals surface area (Å²) < 4.78 is 0. The number of benzene rings is 1. The summed E-state index contributed by atoms with van der Waals surface area (Å²) in [6.07, 6.45) is 4.45. The molecule has 0 bridgehead atoms. The van der Waals surface area contributed by atoms with Gasteiger partial charge < -0.3 is 9.90 Å². The third-order valence-electron chi connectivity index (χ3n) is 1.24. The molecule has 1 aromatic carbocycles. The van der Waals surface area contributed by atoms with Crippen molar-refractivity contribution in [2.45, 2.75) is 0 Å². The van der Waals surface area contributed by atoms with E-state index in [2.05, 4.69) is 0 Å². The van der Waals surface area contributed by atoms with Crippen LogP contribution in [0.15, 0.2) is 36.4 Å². The highest BCUT2D eigenvalue weighted by Gasteiger charge is 1.79. The van der Waals surface area contributed by atoms with E-state index in [1.165, 1.54) is 6.08 Å². The minimum Gasteiger partial charge on any atom is -0.389 e. The molecule has 74 valence electrons. The smallest absolute Gasteiger partial charge is 0.145 e. The maximum absolute atomic E-state index is 9.89. The summed E-state index contributed by atoms with van der Waals surface area (Å²) in [6.45, 7) is -0.361. The summed E-state index contributed by atoms with van der Waals surface area (Å²) in [4.78, 5) is 18.8. The minimum atomic E-state index is -0.361. The summed E-state index contributed by atoms with van der Waals surface area (Å²) in [6, 6.07) is 9.70. The van der Waals surface area contributed by atoms with Gasteiger partial charge in [0, 0.05) is 0 Å². The van der Waals surface area contributed by atoms with Crippen LogP contribution in [-0.4, -0.2) is 24.3 Å². The van der Waals surface area contributed by atoms with Crippen molar-refractivity contribution in [2.75, 3.05) is 6.61 Å². The number of aliphatic hydroxyl groups excluding tert-OH is 1. The lowest BCUT2D eigenvalue weighted by atomic mass is 10.2. The Bertz CT molecular complexity index is 278. The van der Waals surface area contributed by atoms with Crippen LogP contribution in [0.5, 0.6) is 0 Å². The van der Waals surface area contributed by atoms with E-state index in [4.69, 9.17) is 9.90 Å². The molecule has 1 rings (SSSR count). The molecule has 0 unspecified atom stereocenters. The van der Waals surface area contributed by atoms with Crippen LogP contribution in [0.25, 0.3) is 6.08 Å². The Hall–Kier alpha value is -1.74. The van der Waals surface area contributed by atoms with E-state index in [0.29, 0.717) is 6.29 Å². The van der Waals surface area contributed by atoms with Crippen LogP contribution >= 0.6 is 0 Å². The Labute approximate surface area is 82.7 Å². The number of carbonyl (C=O) groups is 2. The summed E-state index contributed by atoms with van der Waals surface area (Å²) in [5.74, 6) is 0. The van der Waals surface area contributed by atoms with Gasteiger partial charge in [-0.3, -0.25) is 4.79 Å². The van der Waals surface area contributed by atoms with E-state index >= 15 is 0 Å². The average Bonchev–Trinajstić information content (AvgIpc) is 2.28. The van der Waals surface area contributed by atoms with Crippen molar-refractivity contribution in [3.8, 4) is 0 Å². The third-order valence-corrected chi connectivity index (χ3v) is 1.24. The van der Waals surface area contributed by atoms with Crippen LogP contribution < -0.4 is 0 Å². The molecule has 1 N–H and O–H groups in total. The molecule has 0 fully saturated rings. The first-order valence-electron chi connectivity index (χ1n) is 4.06. The first-order valence-corrected chi connectivity index (χ1v) is 4.06. The van der Waals surface area contributed by atoms with E-state index in [1.54, 1.807) is 6.08 Å². The van der Waals surface area contributed by atoms with Crippen LogP contribution in [-0.2, 0) is 9.59 Å². The van der Waals surface area contributed by atoms with Crippen LogP contribution in [0.4, 0.5) is 0 Å². The molecule has 3 heteroatoms. The Morgan fingerprint density at radius 1 is 1.14 bits per heavy atom. The van der Waals surface area contributed by atoms with Crippen molar-refractivity contribution in [2.24, 2.45) is 0 Å². The van der Waals surface area contributed by atoms with Gasteiger partial charge in [-0.15, -0.1) is 0 Å². The lowest BCUT2D eigenvalue weighted by Gasteiger charge is -1.86. The number of hydrogen-bond acceptors (Lipinski definition) is 3. The molecular weight excluding hydrogens is 180 g/mol. The predicted octanol–water partition coefficient (Wildman–Crippen LogP) is 1.08. The summed E-state index contributed by atoms with van der Waals surface area (Å²) in [5, 5.41) is 7.51. The fraction of sp³-hybridized carbons (Fsp3) is 0.0909. The van der Waals surface area contributed by atoms with Crippen molar-refractivity contribution in [1.29, 1.82) is 0 Å².